The Morgan fingerprint density at radius 1 is 1.00 bits per heavy atom. The van der Waals surface area contributed by atoms with Crippen molar-refractivity contribution in [1.29, 1.82) is 0 Å². The molecule has 14 heteroatoms. The van der Waals surface area contributed by atoms with E-state index in [1.807, 2.05) is 61.0 Å². The molecule has 5 aromatic rings. The highest BCUT2D eigenvalue weighted by molar-refractivity contribution is 7.84. The number of esters is 1. The minimum absolute atomic E-state index is 0.0212. The van der Waals surface area contributed by atoms with Crippen LogP contribution in [0.15, 0.2) is 103 Å². The zero-order valence-electron chi connectivity index (χ0n) is 33.3. The first kappa shape index (κ1) is 42.1. The van der Waals surface area contributed by atoms with Gasteiger partial charge in [-0.05, 0) is 76.5 Å². The fourth-order valence-electron chi connectivity index (χ4n) is 7.77. The van der Waals surface area contributed by atoms with Crippen molar-refractivity contribution in [2.45, 2.75) is 84.5 Å². The van der Waals surface area contributed by atoms with Gasteiger partial charge in [-0.2, -0.15) is 12.7 Å². The Morgan fingerprint density at radius 3 is 2.26 bits per heavy atom. The number of hydrogen-bond acceptors (Lipinski definition) is 9. The van der Waals surface area contributed by atoms with Crippen molar-refractivity contribution in [2.75, 3.05) is 19.0 Å². The summed E-state index contributed by atoms with van der Waals surface area (Å²) in [6, 6.07) is 30.8. The van der Waals surface area contributed by atoms with Gasteiger partial charge in [0, 0.05) is 37.5 Å². The SMILES string of the molecule is CCOC(=O)CC(c1ccc(C)c(CN2CC=C(O)OS2(=O)=O)c1)c1ccc2c(nnn2CC[C@H](CCl)O[Si](c2ccccc2)(c2ccccc2)C(C)(C)C)c1C. The summed E-state index contributed by atoms with van der Waals surface area (Å²) in [4.78, 5) is 13.1. The molecule has 11 nitrogen and oxygen atoms in total. The van der Waals surface area contributed by atoms with E-state index in [9.17, 15) is 18.3 Å². The molecule has 0 aliphatic carbocycles. The zero-order chi connectivity index (χ0) is 41.0. The lowest BCUT2D eigenvalue weighted by Gasteiger charge is -2.45. The number of aliphatic hydroxyl groups is 1. The number of alkyl halides is 1. The summed E-state index contributed by atoms with van der Waals surface area (Å²) in [5.41, 5.74) is 5.74. The molecule has 1 aliphatic rings. The van der Waals surface area contributed by atoms with Crippen LogP contribution in [0.5, 0.6) is 0 Å². The Kier molecular flexibility index (Phi) is 12.9. The van der Waals surface area contributed by atoms with Gasteiger partial charge in [0.05, 0.1) is 24.6 Å². The van der Waals surface area contributed by atoms with Gasteiger partial charge in [0.25, 0.3) is 14.3 Å². The molecule has 2 atom stereocenters. The summed E-state index contributed by atoms with van der Waals surface area (Å²) >= 11 is 6.72. The van der Waals surface area contributed by atoms with E-state index >= 15 is 0 Å². The van der Waals surface area contributed by atoms with Crippen LogP contribution in [-0.4, -0.2) is 72.2 Å². The standard InChI is InChI=1S/C43H51ClN4O7SSi/c1-7-53-41(50)27-38(32-19-18-30(2)33(26-32)29-47-24-23-40(49)54-56(47,51)52)37-20-21-39-42(31(37)3)45-46-48(39)25-22-34(28-44)55-57(43(4,5)6,35-14-10-8-11-15-35)36-16-12-9-13-17-36/h8-21,23,26,34,38,49H,7,22,24-25,27-29H2,1-6H3/t34-,38?/m1/s1. The average Bonchev–Trinajstić information content (AvgIpc) is 3.60. The van der Waals surface area contributed by atoms with Crippen LogP contribution in [0.25, 0.3) is 11.0 Å². The quantitative estimate of drug-likeness (QED) is 0.0662. The summed E-state index contributed by atoms with van der Waals surface area (Å²) in [6.07, 6.45) is 1.71. The third-order valence-corrected chi connectivity index (χ3v) is 17.5. The Hall–Kier alpha value is -4.53. The molecule has 0 saturated heterocycles. The molecular weight excluding hydrogens is 780 g/mol. The Balaban J connectivity index is 1.30. The largest absolute Gasteiger partial charge is 0.480 e. The number of ether oxygens (including phenoxy) is 1. The second-order valence-electron chi connectivity index (χ2n) is 15.4. The molecule has 1 N–H and O–H groups in total. The third kappa shape index (κ3) is 8.97. The van der Waals surface area contributed by atoms with Crippen LogP contribution in [0.3, 0.4) is 0 Å². The zero-order valence-corrected chi connectivity index (χ0v) is 35.9. The highest BCUT2D eigenvalue weighted by Crippen LogP contribution is 2.39. The van der Waals surface area contributed by atoms with Gasteiger partial charge in [-0.3, -0.25) is 4.79 Å². The van der Waals surface area contributed by atoms with Crippen LogP contribution < -0.4 is 10.4 Å². The fourth-order valence-corrected chi connectivity index (χ4v) is 13.8. The minimum atomic E-state index is -4.17. The number of aryl methyl sites for hydroxylation is 3. The Bertz CT molecular complexity index is 2290. The van der Waals surface area contributed by atoms with Crippen molar-refractivity contribution in [3.8, 4) is 0 Å². The molecule has 1 unspecified atom stereocenters. The highest BCUT2D eigenvalue weighted by Gasteiger charge is 2.51. The molecule has 0 amide bonds. The third-order valence-electron chi connectivity index (χ3n) is 10.7. The maximum absolute atomic E-state index is 13.1. The Labute approximate surface area is 341 Å². The van der Waals surface area contributed by atoms with Crippen LogP contribution in [0, 0.1) is 13.8 Å². The first-order chi connectivity index (χ1) is 27.2. The van der Waals surface area contributed by atoms with Gasteiger partial charge in [0.2, 0.25) is 0 Å². The number of aromatic nitrogens is 3. The number of halogens is 1. The van der Waals surface area contributed by atoms with Gasteiger partial charge in [-0.25, -0.2) is 4.68 Å². The molecule has 4 aromatic carbocycles. The number of hydrogen-bond donors (Lipinski definition) is 1. The second-order valence-corrected chi connectivity index (χ2v) is 21.5. The van der Waals surface area contributed by atoms with Crippen LogP contribution >= 0.6 is 11.6 Å². The summed E-state index contributed by atoms with van der Waals surface area (Å²) in [5.74, 6) is -1.11. The first-order valence-corrected chi connectivity index (χ1v) is 23.0. The number of nitrogens with zero attached hydrogens (tertiary/aromatic N) is 4. The minimum Gasteiger partial charge on any atom is -0.480 e. The van der Waals surface area contributed by atoms with E-state index in [-0.39, 0.29) is 43.2 Å². The number of carbonyl (C=O) groups is 1. The predicted octanol–water partition coefficient (Wildman–Crippen LogP) is 7.18. The molecule has 0 spiro atoms. The molecule has 2 heterocycles. The van der Waals surface area contributed by atoms with Crippen LogP contribution in [-0.2, 0) is 41.5 Å². The molecule has 57 heavy (non-hydrogen) atoms. The van der Waals surface area contributed by atoms with Gasteiger partial charge in [-0.1, -0.05) is 111 Å². The highest BCUT2D eigenvalue weighted by atomic mass is 35.5. The Morgan fingerprint density at radius 2 is 1.67 bits per heavy atom. The molecule has 6 rings (SSSR count). The summed E-state index contributed by atoms with van der Waals surface area (Å²) in [5, 5.41) is 21.0. The lowest BCUT2D eigenvalue weighted by Crippen LogP contribution is -2.67. The summed E-state index contributed by atoms with van der Waals surface area (Å²) in [7, 11) is -7.01. The van der Waals surface area contributed by atoms with Gasteiger partial charge < -0.3 is 18.5 Å². The molecular formula is C43H51ClN4O7SSi. The van der Waals surface area contributed by atoms with E-state index in [1.165, 1.54) is 16.4 Å². The van der Waals surface area contributed by atoms with Crippen molar-refractivity contribution < 1.29 is 31.7 Å². The van der Waals surface area contributed by atoms with E-state index in [0.717, 1.165) is 37.6 Å². The fraction of sp³-hybridized carbons (Fsp3) is 0.372. The average molecular weight is 832 g/mol. The van der Waals surface area contributed by atoms with Crippen molar-refractivity contribution >= 4 is 57.6 Å². The van der Waals surface area contributed by atoms with E-state index < -0.39 is 30.5 Å². The number of aliphatic hydroxyl groups excluding tert-OH is 1. The molecule has 0 saturated carbocycles. The van der Waals surface area contributed by atoms with E-state index in [2.05, 4.69) is 79.6 Å². The topological polar surface area (TPSA) is 133 Å². The lowest BCUT2D eigenvalue weighted by molar-refractivity contribution is -0.143. The van der Waals surface area contributed by atoms with E-state index in [4.69, 9.17) is 24.9 Å². The van der Waals surface area contributed by atoms with Crippen molar-refractivity contribution in [1.82, 2.24) is 19.3 Å². The number of benzene rings is 4. The molecule has 1 aromatic heterocycles. The van der Waals surface area contributed by atoms with Crippen molar-refractivity contribution in [3.63, 3.8) is 0 Å². The monoisotopic (exact) mass is 830 g/mol. The second kappa shape index (κ2) is 17.5. The molecule has 0 bridgehead atoms. The number of fused-ring (bicyclic) bond motifs is 1. The van der Waals surface area contributed by atoms with E-state index in [1.54, 1.807) is 6.92 Å². The number of carbonyl (C=O) groups excluding carboxylic acids is 1. The van der Waals surface area contributed by atoms with Gasteiger partial charge in [-0.15, -0.1) is 16.7 Å². The van der Waals surface area contributed by atoms with Gasteiger partial charge >= 0.3 is 16.3 Å². The van der Waals surface area contributed by atoms with Gasteiger partial charge in [0.15, 0.2) is 0 Å². The normalized spacial score (nSPS) is 15.8. The van der Waals surface area contributed by atoms with Crippen LogP contribution in [0.4, 0.5) is 0 Å². The van der Waals surface area contributed by atoms with Crippen LogP contribution in [0.2, 0.25) is 5.04 Å². The number of rotatable bonds is 15. The van der Waals surface area contributed by atoms with Crippen LogP contribution in [0.1, 0.15) is 74.3 Å². The summed E-state index contributed by atoms with van der Waals surface area (Å²) < 4.78 is 45.8. The van der Waals surface area contributed by atoms with Gasteiger partial charge in [0.1, 0.15) is 5.52 Å². The molecule has 1 aliphatic heterocycles. The van der Waals surface area contributed by atoms with Crippen molar-refractivity contribution in [2.24, 2.45) is 0 Å². The van der Waals surface area contributed by atoms with E-state index in [0.29, 0.717) is 24.4 Å². The predicted molar refractivity (Wildman–Crippen MR) is 225 cm³/mol. The summed E-state index contributed by atoms with van der Waals surface area (Å²) in [6.45, 7) is 13.2. The first-order valence-electron chi connectivity index (χ1n) is 19.2. The lowest BCUT2D eigenvalue weighted by atomic mass is 9.84. The smallest absolute Gasteiger partial charge is 0.388 e. The molecule has 0 fully saturated rings. The maximum atomic E-state index is 13.1. The molecule has 0 radical (unpaired) electrons. The van der Waals surface area contributed by atoms with Crippen molar-refractivity contribution in [3.05, 3.63) is 131 Å². The maximum Gasteiger partial charge on any atom is 0.388 e. The molecule has 302 valence electrons.